The summed E-state index contributed by atoms with van der Waals surface area (Å²) in [5.74, 6) is -0.463. The van der Waals surface area contributed by atoms with E-state index in [1.165, 1.54) is 46.0 Å². The highest BCUT2D eigenvalue weighted by molar-refractivity contribution is 7.99. The predicted octanol–water partition coefficient (Wildman–Crippen LogP) is 6.14. The minimum Gasteiger partial charge on any atom is -0.449 e. The van der Waals surface area contributed by atoms with Crippen molar-refractivity contribution in [2.45, 2.75) is 63.1 Å². The molecule has 1 aromatic heterocycles. The summed E-state index contributed by atoms with van der Waals surface area (Å²) in [4.78, 5) is 36.8. The van der Waals surface area contributed by atoms with Crippen LogP contribution in [-0.4, -0.2) is 29.1 Å². The Morgan fingerprint density at radius 2 is 1.66 bits per heavy atom. The molecule has 0 spiro atoms. The summed E-state index contributed by atoms with van der Waals surface area (Å²) in [6, 6.07) is 14.3. The molecule has 1 heterocycles. The standard InChI is InChI=1S/C27H30N2O5S/c1-17(26(31)29-20-14-12-19(13-15-20)28-18(2)30)33-27(32)25-23(16-35-21-8-4-3-5-9-21)22-10-6-7-11-24(22)34-25/h6-7,10-15,17,21H,3-5,8-9,16H2,1-2H3,(H,28,30)(H,29,31). The van der Waals surface area contributed by atoms with Gasteiger partial charge in [0.2, 0.25) is 11.7 Å². The van der Waals surface area contributed by atoms with E-state index in [2.05, 4.69) is 10.6 Å². The van der Waals surface area contributed by atoms with Crippen molar-refractivity contribution in [1.82, 2.24) is 0 Å². The van der Waals surface area contributed by atoms with Crippen molar-refractivity contribution in [1.29, 1.82) is 0 Å². The number of rotatable bonds is 8. The number of nitrogens with one attached hydrogen (secondary N) is 2. The number of benzene rings is 2. The first-order chi connectivity index (χ1) is 16.9. The van der Waals surface area contributed by atoms with Crippen molar-refractivity contribution in [3.8, 4) is 0 Å². The molecule has 184 valence electrons. The molecule has 0 radical (unpaired) electrons. The Morgan fingerprint density at radius 3 is 2.34 bits per heavy atom. The topological polar surface area (TPSA) is 97.6 Å². The van der Waals surface area contributed by atoms with Gasteiger partial charge in [0.25, 0.3) is 5.91 Å². The monoisotopic (exact) mass is 494 g/mol. The zero-order valence-electron chi connectivity index (χ0n) is 20.0. The third kappa shape index (κ3) is 6.45. The van der Waals surface area contributed by atoms with Crippen LogP contribution in [0.25, 0.3) is 11.0 Å². The van der Waals surface area contributed by atoms with Crippen LogP contribution >= 0.6 is 11.8 Å². The second kappa shape index (κ2) is 11.4. The van der Waals surface area contributed by atoms with Crippen LogP contribution in [0.5, 0.6) is 0 Å². The molecule has 1 saturated carbocycles. The molecule has 7 nitrogen and oxygen atoms in total. The third-order valence-corrected chi connectivity index (χ3v) is 7.42. The van der Waals surface area contributed by atoms with E-state index >= 15 is 0 Å². The summed E-state index contributed by atoms with van der Waals surface area (Å²) in [6.07, 6.45) is 5.17. The van der Waals surface area contributed by atoms with Crippen LogP contribution in [0.1, 0.15) is 62.1 Å². The van der Waals surface area contributed by atoms with Crippen LogP contribution in [0.4, 0.5) is 11.4 Å². The van der Waals surface area contributed by atoms with Gasteiger partial charge >= 0.3 is 5.97 Å². The number of carbonyl (C=O) groups excluding carboxylic acids is 3. The van der Waals surface area contributed by atoms with Crippen molar-refractivity contribution in [2.75, 3.05) is 10.6 Å². The SMILES string of the molecule is CC(=O)Nc1ccc(NC(=O)C(C)OC(=O)c2oc3ccccc3c2CSC2CCCCC2)cc1. The van der Waals surface area contributed by atoms with E-state index in [0.29, 0.717) is 28.0 Å². The lowest BCUT2D eigenvalue weighted by Crippen LogP contribution is -2.30. The van der Waals surface area contributed by atoms with Crippen LogP contribution in [0.15, 0.2) is 52.9 Å². The number of hydrogen-bond acceptors (Lipinski definition) is 6. The molecular formula is C27H30N2O5S. The molecule has 35 heavy (non-hydrogen) atoms. The first-order valence-corrected chi connectivity index (χ1v) is 13.0. The van der Waals surface area contributed by atoms with Gasteiger partial charge in [0, 0.05) is 40.3 Å². The van der Waals surface area contributed by atoms with Crippen molar-refractivity contribution in [3.05, 3.63) is 59.9 Å². The summed E-state index contributed by atoms with van der Waals surface area (Å²) in [5, 5.41) is 6.88. The number of thioether (sulfide) groups is 1. The number of carbonyl (C=O) groups is 3. The maximum atomic E-state index is 13.1. The first-order valence-electron chi connectivity index (χ1n) is 11.9. The van der Waals surface area contributed by atoms with Crippen molar-refractivity contribution < 1.29 is 23.5 Å². The average Bonchev–Trinajstić information content (AvgIpc) is 3.23. The highest BCUT2D eigenvalue weighted by Gasteiger charge is 2.27. The Labute approximate surface area is 209 Å². The fourth-order valence-corrected chi connectivity index (χ4v) is 5.55. The van der Waals surface area contributed by atoms with Gasteiger partial charge < -0.3 is 19.8 Å². The smallest absolute Gasteiger partial charge is 0.375 e. The summed E-state index contributed by atoms with van der Waals surface area (Å²) < 4.78 is 11.4. The van der Waals surface area contributed by atoms with E-state index < -0.39 is 18.0 Å². The van der Waals surface area contributed by atoms with Crippen LogP contribution in [-0.2, 0) is 20.1 Å². The quantitative estimate of drug-likeness (QED) is 0.365. The number of esters is 1. The molecule has 3 aromatic rings. The molecule has 0 aliphatic heterocycles. The number of fused-ring (bicyclic) bond motifs is 1. The van der Waals surface area contributed by atoms with Gasteiger partial charge in [-0.05, 0) is 50.1 Å². The van der Waals surface area contributed by atoms with Crippen molar-refractivity contribution in [2.24, 2.45) is 0 Å². The lowest BCUT2D eigenvalue weighted by atomic mass is 10.0. The zero-order valence-corrected chi connectivity index (χ0v) is 20.8. The second-order valence-electron chi connectivity index (χ2n) is 8.77. The Kier molecular flexibility index (Phi) is 8.13. The molecule has 0 bridgehead atoms. The van der Waals surface area contributed by atoms with E-state index in [0.717, 1.165) is 10.9 Å². The summed E-state index contributed by atoms with van der Waals surface area (Å²) in [6.45, 7) is 2.95. The molecule has 1 aliphatic rings. The van der Waals surface area contributed by atoms with E-state index in [4.69, 9.17) is 9.15 Å². The van der Waals surface area contributed by atoms with Crippen LogP contribution < -0.4 is 10.6 Å². The van der Waals surface area contributed by atoms with E-state index in [-0.39, 0.29) is 11.7 Å². The van der Waals surface area contributed by atoms with Crippen molar-refractivity contribution >= 4 is 51.9 Å². The van der Waals surface area contributed by atoms with Gasteiger partial charge in [-0.15, -0.1) is 0 Å². The molecule has 1 unspecified atom stereocenters. The predicted molar refractivity (Wildman–Crippen MR) is 139 cm³/mol. The summed E-state index contributed by atoms with van der Waals surface area (Å²) in [5.41, 5.74) is 2.61. The fourth-order valence-electron chi connectivity index (χ4n) is 4.19. The lowest BCUT2D eigenvalue weighted by Gasteiger charge is -2.21. The first kappa shape index (κ1) is 24.9. The molecule has 1 aliphatic carbocycles. The summed E-state index contributed by atoms with van der Waals surface area (Å²) >= 11 is 1.86. The van der Waals surface area contributed by atoms with E-state index in [9.17, 15) is 14.4 Å². The molecule has 8 heteroatoms. The second-order valence-corrected chi connectivity index (χ2v) is 10.1. The number of anilines is 2. The number of hydrogen-bond donors (Lipinski definition) is 2. The Balaban J connectivity index is 1.42. The van der Waals surface area contributed by atoms with E-state index in [1.54, 1.807) is 24.3 Å². The maximum Gasteiger partial charge on any atom is 0.375 e. The molecule has 2 N–H and O–H groups in total. The van der Waals surface area contributed by atoms with Gasteiger partial charge in [-0.1, -0.05) is 37.5 Å². The highest BCUT2D eigenvalue weighted by Crippen LogP contribution is 2.35. The largest absolute Gasteiger partial charge is 0.449 e. The van der Waals surface area contributed by atoms with Gasteiger partial charge in [0.15, 0.2) is 6.10 Å². The van der Waals surface area contributed by atoms with Gasteiger partial charge in [0.05, 0.1) is 0 Å². The minimum absolute atomic E-state index is 0.161. The van der Waals surface area contributed by atoms with Crippen molar-refractivity contribution in [3.63, 3.8) is 0 Å². The molecule has 4 rings (SSSR count). The zero-order chi connectivity index (χ0) is 24.8. The molecule has 1 fully saturated rings. The maximum absolute atomic E-state index is 13.1. The number of ether oxygens (including phenoxy) is 1. The lowest BCUT2D eigenvalue weighted by molar-refractivity contribution is -0.123. The number of para-hydroxylation sites is 1. The van der Waals surface area contributed by atoms with E-state index in [1.807, 2.05) is 36.0 Å². The molecular weight excluding hydrogens is 464 g/mol. The highest BCUT2D eigenvalue weighted by atomic mass is 32.2. The number of amides is 2. The van der Waals surface area contributed by atoms with Crippen LogP contribution in [0.3, 0.4) is 0 Å². The average molecular weight is 495 g/mol. The molecule has 2 amide bonds. The van der Waals surface area contributed by atoms with Gasteiger partial charge in [0.1, 0.15) is 5.58 Å². The Hall–Kier alpha value is -3.26. The summed E-state index contributed by atoms with van der Waals surface area (Å²) in [7, 11) is 0. The Bertz CT molecular complexity index is 1200. The third-order valence-electron chi connectivity index (χ3n) is 6.03. The van der Waals surface area contributed by atoms with Crippen LogP contribution in [0.2, 0.25) is 0 Å². The van der Waals surface area contributed by atoms with Crippen LogP contribution in [0, 0.1) is 0 Å². The molecule has 2 aromatic carbocycles. The number of furan rings is 1. The molecule has 1 atom stereocenters. The van der Waals surface area contributed by atoms with Gasteiger partial charge in [-0.2, -0.15) is 11.8 Å². The minimum atomic E-state index is -1.02. The Morgan fingerprint density at radius 1 is 1.00 bits per heavy atom. The normalized spacial score (nSPS) is 14.9. The fraction of sp³-hybridized carbons (Fsp3) is 0.370. The van der Waals surface area contributed by atoms with Gasteiger partial charge in [-0.3, -0.25) is 9.59 Å². The van der Waals surface area contributed by atoms with Gasteiger partial charge in [-0.25, -0.2) is 4.79 Å². The molecule has 0 saturated heterocycles.